The van der Waals surface area contributed by atoms with Gasteiger partial charge in [-0.2, -0.15) is 0 Å². The van der Waals surface area contributed by atoms with E-state index in [2.05, 4.69) is 74.2 Å². The highest BCUT2D eigenvalue weighted by molar-refractivity contribution is 5.73. The molecule has 0 aliphatic heterocycles. The van der Waals surface area contributed by atoms with E-state index in [9.17, 15) is 9.90 Å². The zero-order valence-electron chi connectivity index (χ0n) is 24.2. The lowest BCUT2D eigenvalue weighted by Gasteiger charge is -2.26. The summed E-state index contributed by atoms with van der Waals surface area (Å²) in [6.07, 6.45) is 0.326. The molecule has 0 radical (unpaired) electrons. The maximum Gasteiger partial charge on any atom is 0.320 e. The van der Waals surface area contributed by atoms with Gasteiger partial charge >= 0.3 is 5.97 Å². The van der Waals surface area contributed by atoms with Gasteiger partial charge in [0, 0.05) is 30.8 Å². The summed E-state index contributed by atoms with van der Waals surface area (Å²) in [4.78, 5) is 13.7. The van der Waals surface area contributed by atoms with Gasteiger partial charge in [0.25, 0.3) is 0 Å². The maximum absolute atomic E-state index is 11.5. The number of benzene rings is 4. The molecule has 0 saturated carbocycles. The lowest BCUT2D eigenvalue weighted by Crippen LogP contribution is -2.35. The van der Waals surface area contributed by atoms with Crippen molar-refractivity contribution >= 4 is 5.97 Å². The van der Waals surface area contributed by atoms with Crippen molar-refractivity contribution in [2.45, 2.75) is 59.5 Å². The first-order valence-corrected chi connectivity index (χ1v) is 14.0. The minimum absolute atomic E-state index is 0.326. The lowest BCUT2D eigenvalue weighted by atomic mass is 10.1. The number of aliphatic carboxylic acids is 1. The summed E-state index contributed by atoms with van der Waals surface area (Å²) in [6.45, 7) is 8.79. The van der Waals surface area contributed by atoms with Crippen LogP contribution in [0.4, 0.5) is 0 Å². The van der Waals surface area contributed by atoms with Crippen molar-refractivity contribution in [1.82, 2.24) is 4.90 Å². The van der Waals surface area contributed by atoms with Gasteiger partial charge in [-0.05, 0) is 50.5 Å². The van der Waals surface area contributed by atoms with Crippen molar-refractivity contribution in [2.24, 2.45) is 5.73 Å². The van der Waals surface area contributed by atoms with Gasteiger partial charge < -0.3 is 20.3 Å². The first-order valence-electron chi connectivity index (χ1n) is 14.0. The number of rotatable bonds is 14. The monoisotopic (exact) mass is 552 g/mol. The second-order valence-corrected chi connectivity index (χ2v) is 10.7. The summed E-state index contributed by atoms with van der Waals surface area (Å²) in [6, 6.07) is 29.9. The molecule has 0 spiro atoms. The molecule has 0 aliphatic carbocycles. The molecule has 41 heavy (non-hydrogen) atoms. The SMILES string of the molecule is Cc1cccc(COc2ccccc2CN(CC[C@H](N)C(=O)O)Cc2cc(C)ccc2OCc2cccc(C)c2)c1. The van der Waals surface area contributed by atoms with E-state index in [-0.39, 0.29) is 0 Å². The van der Waals surface area contributed by atoms with Crippen LogP contribution < -0.4 is 15.2 Å². The molecule has 0 saturated heterocycles. The van der Waals surface area contributed by atoms with E-state index in [1.807, 2.05) is 42.5 Å². The number of carbonyl (C=O) groups is 1. The van der Waals surface area contributed by atoms with Crippen LogP contribution in [0.5, 0.6) is 11.5 Å². The molecule has 0 amide bonds. The summed E-state index contributed by atoms with van der Waals surface area (Å²) in [7, 11) is 0. The second-order valence-electron chi connectivity index (χ2n) is 10.7. The molecule has 214 valence electrons. The van der Waals surface area contributed by atoms with Gasteiger partial charge in [0.05, 0.1) is 0 Å². The standard InChI is InChI=1S/C35H40N2O4/c1-25-8-6-10-28(18-25)23-40-33-13-5-4-12-30(33)21-37(17-16-32(36)35(38)39)22-31-20-27(3)14-15-34(31)41-24-29-11-7-9-26(2)19-29/h4-15,18-20,32H,16-17,21-24,36H2,1-3H3,(H,38,39)/t32-/m0/s1. The highest BCUT2D eigenvalue weighted by atomic mass is 16.5. The number of nitrogens with two attached hydrogens (primary N) is 1. The molecule has 4 aromatic carbocycles. The molecule has 0 fully saturated rings. The van der Waals surface area contributed by atoms with Gasteiger partial charge in [-0.15, -0.1) is 0 Å². The van der Waals surface area contributed by atoms with Gasteiger partial charge in [-0.1, -0.05) is 95.6 Å². The minimum Gasteiger partial charge on any atom is -0.489 e. The van der Waals surface area contributed by atoms with Crippen molar-refractivity contribution in [2.75, 3.05) is 6.54 Å². The van der Waals surface area contributed by atoms with E-state index in [4.69, 9.17) is 15.2 Å². The average Bonchev–Trinajstić information content (AvgIpc) is 2.95. The number of carboxylic acid groups (broad SMARTS) is 1. The molecular formula is C35H40N2O4. The number of hydrogen-bond donors (Lipinski definition) is 2. The number of aryl methyl sites for hydroxylation is 3. The Hall–Kier alpha value is -4.13. The summed E-state index contributed by atoms with van der Waals surface area (Å²) in [5.74, 6) is 0.625. The molecule has 1 atom stereocenters. The summed E-state index contributed by atoms with van der Waals surface area (Å²) in [5, 5.41) is 9.41. The number of nitrogens with zero attached hydrogens (tertiary/aromatic N) is 1. The normalized spacial score (nSPS) is 11.8. The smallest absolute Gasteiger partial charge is 0.320 e. The quantitative estimate of drug-likeness (QED) is 0.184. The summed E-state index contributed by atoms with van der Waals surface area (Å²) in [5.41, 5.74) is 13.7. The first kappa shape index (κ1) is 29.8. The molecule has 4 rings (SSSR count). The van der Waals surface area contributed by atoms with Gasteiger partial charge in [-0.25, -0.2) is 0 Å². The van der Waals surface area contributed by atoms with E-state index < -0.39 is 12.0 Å². The van der Waals surface area contributed by atoms with Crippen LogP contribution in [-0.2, 0) is 31.1 Å². The Morgan fingerprint density at radius 1 is 0.732 bits per heavy atom. The third-order valence-corrected chi connectivity index (χ3v) is 7.00. The van der Waals surface area contributed by atoms with Gasteiger partial charge in [-0.3, -0.25) is 9.69 Å². The zero-order valence-corrected chi connectivity index (χ0v) is 24.2. The molecular weight excluding hydrogens is 512 g/mol. The fourth-order valence-corrected chi connectivity index (χ4v) is 4.81. The van der Waals surface area contributed by atoms with E-state index >= 15 is 0 Å². The Kier molecular flexibility index (Phi) is 10.5. The van der Waals surface area contributed by atoms with Crippen molar-refractivity contribution in [3.05, 3.63) is 130 Å². The van der Waals surface area contributed by atoms with Crippen molar-refractivity contribution < 1.29 is 19.4 Å². The lowest BCUT2D eigenvalue weighted by molar-refractivity contribution is -0.138. The summed E-state index contributed by atoms with van der Waals surface area (Å²) >= 11 is 0. The largest absolute Gasteiger partial charge is 0.489 e. The van der Waals surface area contributed by atoms with Crippen LogP contribution in [0.3, 0.4) is 0 Å². The van der Waals surface area contributed by atoms with E-state index in [1.54, 1.807) is 0 Å². The highest BCUT2D eigenvalue weighted by Gasteiger charge is 2.18. The molecule has 6 nitrogen and oxygen atoms in total. The Morgan fingerprint density at radius 3 is 1.90 bits per heavy atom. The zero-order chi connectivity index (χ0) is 29.2. The Morgan fingerprint density at radius 2 is 1.29 bits per heavy atom. The molecule has 0 heterocycles. The Bertz CT molecular complexity index is 1450. The molecule has 0 aliphatic rings. The topological polar surface area (TPSA) is 85.0 Å². The van der Waals surface area contributed by atoms with Gasteiger partial charge in [0.2, 0.25) is 0 Å². The van der Waals surface area contributed by atoms with Crippen LogP contribution in [0.2, 0.25) is 0 Å². The Balaban J connectivity index is 1.54. The minimum atomic E-state index is -0.996. The molecule has 3 N–H and O–H groups in total. The summed E-state index contributed by atoms with van der Waals surface area (Å²) < 4.78 is 12.6. The molecule has 0 unspecified atom stereocenters. The van der Waals surface area contributed by atoms with Crippen LogP contribution in [0.25, 0.3) is 0 Å². The highest BCUT2D eigenvalue weighted by Crippen LogP contribution is 2.27. The average molecular weight is 553 g/mol. The Labute approximate surface area is 243 Å². The van der Waals surface area contributed by atoms with Gasteiger partial charge in [0.15, 0.2) is 0 Å². The van der Waals surface area contributed by atoms with E-state index in [0.29, 0.717) is 39.3 Å². The van der Waals surface area contributed by atoms with Crippen LogP contribution in [0, 0.1) is 20.8 Å². The van der Waals surface area contributed by atoms with Crippen molar-refractivity contribution in [3.63, 3.8) is 0 Å². The van der Waals surface area contributed by atoms with Crippen LogP contribution in [0.1, 0.15) is 45.4 Å². The van der Waals surface area contributed by atoms with Gasteiger partial charge in [0.1, 0.15) is 30.8 Å². The van der Waals surface area contributed by atoms with Crippen molar-refractivity contribution in [3.8, 4) is 11.5 Å². The van der Waals surface area contributed by atoms with Crippen LogP contribution >= 0.6 is 0 Å². The number of ether oxygens (including phenoxy) is 2. The third-order valence-electron chi connectivity index (χ3n) is 7.00. The van der Waals surface area contributed by atoms with E-state index in [0.717, 1.165) is 39.3 Å². The predicted molar refractivity (Wildman–Crippen MR) is 163 cm³/mol. The number of para-hydroxylation sites is 1. The molecule has 0 bridgehead atoms. The first-order chi connectivity index (χ1) is 19.8. The fraction of sp³-hybridized carbons (Fsp3) is 0.286. The second kappa shape index (κ2) is 14.5. The van der Waals surface area contributed by atoms with Crippen LogP contribution in [-0.4, -0.2) is 28.6 Å². The fourth-order valence-electron chi connectivity index (χ4n) is 4.81. The molecule has 4 aromatic rings. The maximum atomic E-state index is 11.5. The number of hydrogen-bond acceptors (Lipinski definition) is 5. The number of carboxylic acids is 1. The van der Waals surface area contributed by atoms with E-state index in [1.165, 1.54) is 11.1 Å². The molecule has 0 aromatic heterocycles. The predicted octanol–water partition coefficient (Wildman–Crippen LogP) is 6.57. The van der Waals surface area contributed by atoms with Crippen LogP contribution in [0.15, 0.2) is 91.0 Å². The third kappa shape index (κ3) is 9.20. The molecule has 6 heteroatoms. The van der Waals surface area contributed by atoms with Crippen molar-refractivity contribution in [1.29, 1.82) is 0 Å².